The standard InChI is InChI=1S/C21H24N4O2S/c1-15-9-11-16(12-10-15)22-19(26)14-28-21-24-23-20(18-8-5-13-27-18)25(21)17-6-3-2-4-7-17/h2-8,13,15-16H,9-12,14H2,1H3,(H,22,26). The molecule has 0 atom stereocenters. The van der Waals surface area contributed by atoms with Crippen LogP contribution in [0.3, 0.4) is 0 Å². The van der Waals surface area contributed by atoms with Gasteiger partial charge in [0.15, 0.2) is 10.9 Å². The number of benzene rings is 1. The Kier molecular flexibility index (Phi) is 5.81. The van der Waals surface area contributed by atoms with E-state index in [0.29, 0.717) is 28.5 Å². The lowest BCUT2D eigenvalue weighted by Gasteiger charge is -2.26. The van der Waals surface area contributed by atoms with Crippen LogP contribution in [0.5, 0.6) is 0 Å². The number of hydrogen-bond acceptors (Lipinski definition) is 5. The van der Waals surface area contributed by atoms with Crippen molar-refractivity contribution in [3.8, 4) is 17.3 Å². The van der Waals surface area contributed by atoms with Crippen LogP contribution in [0.25, 0.3) is 17.3 Å². The number of aromatic nitrogens is 3. The van der Waals surface area contributed by atoms with Crippen molar-refractivity contribution in [2.75, 3.05) is 5.75 Å². The Hall–Kier alpha value is -2.54. The van der Waals surface area contributed by atoms with Crippen LogP contribution in [-0.4, -0.2) is 32.5 Å². The molecule has 7 heteroatoms. The van der Waals surface area contributed by atoms with Gasteiger partial charge >= 0.3 is 0 Å². The summed E-state index contributed by atoms with van der Waals surface area (Å²) in [6.07, 6.45) is 6.13. The highest BCUT2D eigenvalue weighted by Gasteiger charge is 2.21. The second-order valence-electron chi connectivity index (χ2n) is 7.27. The SMILES string of the molecule is CC1CCC(NC(=O)CSc2nnc(-c3ccco3)n2-c2ccccc2)CC1. The van der Waals surface area contributed by atoms with E-state index >= 15 is 0 Å². The molecule has 146 valence electrons. The minimum Gasteiger partial charge on any atom is -0.461 e. The molecule has 6 nitrogen and oxygen atoms in total. The molecule has 0 unspecified atom stereocenters. The van der Waals surface area contributed by atoms with E-state index < -0.39 is 0 Å². The number of nitrogens with one attached hydrogen (secondary N) is 1. The molecule has 1 N–H and O–H groups in total. The molecule has 1 aromatic carbocycles. The van der Waals surface area contributed by atoms with Crippen molar-refractivity contribution in [1.82, 2.24) is 20.1 Å². The van der Waals surface area contributed by atoms with Crippen molar-refractivity contribution in [2.45, 2.75) is 43.8 Å². The maximum atomic E-state index is 12.4. The Morgan fingerprint density at radius 2 is 1.93 bits per heavy atom. The number of furan rings is 1. The van der Waals surface area contributed by atoms with Crippen LogP contribution in [0.15, 0.2) is 58.3 Å². The third-order valence-electron chi connectivity index (χ3n) is 5.10. The molecule has 2 heterocycles. The minimum absolute atomic E-state index is 0.0479. The fourth-order valence-corrected chi connectivity index (χ4v) is 4.31. The summed E-state index contributed by atoms with van der Waals surface area (Å²) in [5.41, 5.74) is 0.933. The summed E-state index contributed by atoms with van der Waals surface area (Å²) in [6.45, 7) is 2.28. The summed E-state index contributed by atoms with van der Waals surface area (Å²) in [7, 11) is 0. The molecule has 1 aliphatic carbocycles. The topological polar surface area (TPSA) is 73.0 Å². The van der Waals surface area contributed by atoms with E-state index in [4.69, 9.17) is 4.42 Å². The lowest BCUT2D eigenvalue weighted by molar-refractivity contribution is -0.119. The van der Waals surface area contributed by atoms with E-state index in [1.807, 2.05) is 47.0 Å². The van der Waals surface area contributed by atoms with Crippen molar-refractivity contribution in [3.05, 3.63) is 48.7 Å². The average molecular weight is 397 g/mol. The number of para-hydroxylation sites is 1. The Balaban J connectivity index is 1.48. The highest BCUT2D eigenvalue weighted by molar-refractivity contribution is 7.99. The minimum atomic E-state index is 0.0479. The van der Waals surface area contributed by atoms with Crippen LogP contribution < -0.4 is 5.32 Å². The molecule has 4 rings (SSSR count). The number of hydrogen-bond donors (Lipinski definition) is 1. The molecule has 0 aliphatic heterocycles. The van der Waals surface area contributed by atoms with E-state index in [0.717, 1.165) is 24.4 Å². The summed E-state index contributed by atoms with van der Waals surface area (Å²) in [6, 6.07) is 13.9. The third kappa shape index (κ3) is 4.30. The first-order valence-electron chi connectivity index (χ1n) is 9.67. The average Bonchev–Trinajstić information content (AvgIpc) is 3.38. The maximum absolute atomic E-state index is 12.4. The van der Waals surface area contributed by atoms with Crippen molar-refractivity contribution < 1.29 is 9.21 Å². The molecule has 1 amide bonds. The fourth-order valence-electron chi connectivity index (χ4n) is 3.54. The van der Waals surface area contributed by atoms with Gasteiger partial charge in [0.25, 0.3) is 0 Å². The number of carbonyl (C=O) groups excluding carboxylic acids is 1. The number of amides is 1. The van der Waals surface area contributed by atoms with Gasteiger partial charge in [0.05, 0.1) is 12.0 Å². The quantitative estimate of drug-likeness (QED) is 0.629. The zero-order valence-electron chi connectivity index (χ0n) is 15.9. The highest BCUT2D eigenvalue weighted by atomic mass is 32.2. The lowest BCUT2D eigenvalue weighted by atomic mass is 9.87. The molecule has 0 spiro atoms. The summed E-state index contributed by atoms with van der Waals surface area (Å²) in [5.74, 6) is 2.40. The van der Waals surface area contributed by atoms with Crippen molar-refractivity contribution in [1.29, 1.82) is 0 Å². The van der Waals surface area contributed by atoms with Gasteiger partial charge in [-0.05, 0) is 55.9 Å². The van der Waals surface area contributed by atoms with Crippen LogP contribution in [0.4, 0.5) is 0 Å². The van der Waals surface area contributed by atoms with E-state index in [2.05, 4.69) is 22.4 Å². The zero-order chi connectivity index (χ0) is 19.3. The van der Waals surface area contributed by atoms with Gasteiger partial charge in [0.1, 0.15) is 0 Å². The molecule has 0 saturated heterocycles. The van der Waals surface area contributed by atoms with E-state index in [1.165, 1.54) is 24.6 Å². The first kappa shape index (κ1) is 18.8. The van der Waals surface area contributed by atoms with Crippen molar-refractivity contribution in [2.24, 2.45) is 5.92 Å². The monoisotopic (exact) mass is 396 g/mol. The van der Waals surface area contributed by atoms with Gasteiger partial charge in [-0.1, -0.05) is 36.9 Å². The zero-order valence-corrected chi connectivity index (χ0v) is 16.7. The van der Waals surface area contributed by atoms with Gasteiger partial charge in [-0.25, -0.2) is 0 Å². The third-order valence-corrected chi connectivity index (χ3v) is 6.03. The Bertz CT molecular complexity index is 900. The van der Waals surface area contributed by atoms with Crippen LogP contribution in [-0.2, 0) is 4.79 Å². The van der Waals surface area contributed by atoms with Gasteiger partial charge in [-0.15, -0.1) is 10.2 Å². The number of carbonyl (C=O) groups is 1. The number of rotatable bonds is 6. The summed E-state index contributed by atoms with van der Waals surface area (Å²) >= 11 is 1.39. The molecule has 0 bridgehead atoms. The van der Waals surface area contributed by atoms with Gasteiger partial charge in [0, 0.05) is 11.7 Å². The normalized spacial score (nSPS) is 19.5. The molecule has 1 aliphatic rings. The smallest absolute Gasteiger partial charge is 0.230 e. The van der Waals surface area contributed by atoms with Crippen molar-refractivity contribution in [3.63, 3.8) is 0 Å². The highest BCUT2D eigenvalue weighted by Crippen LogP contribution is 2.28. The molecule has 1 saturated carbocycles. The first-order valence-corrected chi connectivity index (χ1v) is 10.7. The number of thioether (sulfide) groups is 1. The molecular formula is C21H24N4O2S. The van der Waals surface area contributed by atoms with Crippen molar-refractivity contribution >= 4 is 17.7 Å². The van der Waals surface area contributed by atoms with Crippen LogP contribution in [0.2, 0.25) is 0 Å². The van der Waals surface area contributed by atoms with Crippen LogP contribution in [0.1, 0.15) is 32.6 Å². The number of nitrogens with zero attached hydrogens (tertiary/aromatic N) is 3. The molecule has 2 aromatic heterocycles. The fraction of sp³-hybridized carbons (Fsp3) is 0.381. The Morgan fingerprint density at radius 1 is 1.14 bits per heavy atom. The molecule has 3 aromatic rings. The van der Waals surface area contributed by atoms with E-state index in [9.17, 15) is 4.79 Å². The largest absolute Gasteiger partial charge is 0.461 e. The molecular weight excluding hydrogens is 372 g/mol. The Morgan fingerprint density at radius 3 is 2.64 bits per heavy atom. The van der Waals surface area contributed by atoms with Crippen LogP contribution >= 0.6 is 11.8 Å². The maximum Gasteiger partial charge on any atom is 0.230 e. The predicted octanol–water partition coefficient (Wildman–Crippen LogP) is 4.31. The summed E-state index contributed by atoms with van der Waals surface area (Å²) < 4.78 is 7.45. The second-order valence-corrected chi connectivity index (χ2v) is 8.21. The summed E-state index contributed by atoms with van der Waals surface area (Å²) in [5, 5.41) is 12.5. The second kappa shape index (κ2) is 8.65. The van der Waals surface area contributed by atoms with Gasteiger partial charge in [0.2, 0.25) is 11.7 Å². The van der Waals surface area contributed by atoms with Gasteiger partial charge in [-0.2, -0.15) is 0 Å². The predicted molar refractivity (Wildman–Crippen MR) is 109 cm³/mol. The van der Waals surface area contributed by atoms with E-state index in [1.54, 1.807) is 6.26 Å². The van der Waals surface area contributed by atoms with Gasteiger partial charge in [-0.3, -0.25) is 9.36 Å². The summed E-state index contributed by atoms with van der Waals surface area (Å²) in [4.78, 5) is 12.4. The van der Waals surface area contributed by atoms with E-state index in [-0.39, 0.29) is 5.91 Å². The lowest BCUT2D eigenvalue weighted by Crippen LogP contribution is -2.38. The van der Waals surface area contributed by atoms with Gasteiger partial charge < -0.3 is 9.73 Å². The van der Waals surface area contributed by atoms with Crippen LogP contribution in [0, 0.1) is 5.92 Å². The molecule has 1 fully saturated rings. The molecule has 0 radical (unpaired) electrons. The molecule has 28 heavy (non-hydrogen) atoms. The first-order chi connectivity index (χ1) is 13.7. The Labute approximate surface area is 168 Å².